The van der Waals surface area contributed by atoms with Crippen LogP contribution in [0.25, 0.3) is 0 Å². The third-order valence-corrected chi connectivity index (χ3v) is 6.72. The fourth-order valence-electron chi connectivity index (χ4n) is 1.50. The number of aryl methyl sites for hydroxylation is 2. The summed E-state index contributed by atoms with van der Waals surface area (Å²) in [6, 6.07) is 15.5. The van der Waals surface area contributed by atoms with Gasteiger partial charge in [-0.15, -0.1) is 0 Å². The first-order chi connectivity index (χ1) is 12.4. The molecule has 6 nitrogen and oxygen atoms in total. The summed E-state index contributed by atoms with van der Waals surface area (Å²) in [5.41, 5.74) is 2.25. The summed E-state index contributed by atoms with van der Waals surface area (Å²) >= 11 is 0. The van der Waals surface area contributed by atoms with E-state index in [0.717, 1.165) is 42.9 Å². The summed E-state index contributed by atoms with van der Waals surface area (Å²) in [5, 5.41) is 20.0. The van der Waals surface area contributed by atoms with Gasteiger partial charge >= 0.3 is 19.5 Å². The Hall–Kier alpha value is -0.997. The van der Waals surface area contributed by atoms with E-state index in [1.165, 1.54) is 21.6 Å². The molecule has 0 atom stereocenters. The number of amides is 2. The van der Waals surface area contributed by atoms with E-state index in [1.807, 2.05) is 62.4 Å². The SMILES string of the molecule is Cc1ccccc1SSNC(=O)[O-].Cc1ccccc1SSNC(=O)[O-].[Zn+2]. The van der Waals surface area contributed by atoms with E-state index in [0.29, 0.717) is 0 Å². The van der Waals surface area contributed by atoms with E-state index in [9.17, 15) is 19.8 Å². The Kier molecular flexibility index (Phi) is 14.4. The maximum Gasteiger partial charge on any atom is 2.00 e. The maximum atomic E-state index is 10.0. The molecule has 0 fully saturated rings. The van der Waals surface area contributed by atoms with E-state index in [4.69, 9.17) is 0 Å². The van der Waals surface area contributed by atoms with Crippen LogP contribution < -0.4 is 19.7 Å². The smallest absolute Gasteiger partial charge is 0.529 e. The predicted octanol–water partition coefficient (Wildman–Crippen LogP) is 3.16. The van der Waals surface area contributed by atoms with E-state index in [1.54, 1.807) is 0 Å². The van der Waals surface area contributed by atoms with Crippen molar-refractivity contribution in [3.05, 3.63) is 59.7 Å². The third-order valence-electron chi connectivity index (χ3n) is 2.70. The Balaban J connectivity index is 0.000000483. The Labute approximate surface area is 186 Å². The van der Waals surface area contributed by atoms with Gasteiger partial charge in [0.25, 0.3) is 0 Å². The molecule has 2 rings (SSSR count). The number of hydrogen-bond acceptors (Lipinski definition) is 8. The molecule has 0 spiro atoms. The number of hydrogen-bond donors (Lipinski definition) is 2. The van der Waals surface area contributed by atoms with E-state index < -0.39 is 12.2 Å². The van der Waals surface area contributed by atoms with E-state index in [-0.39, 0.29) is 19.5 Å². The minimum absolute atomic E-state index is 0. The molecule has 0 unspecified atom stereocenters. The monoisotopic (exact) mass is 492 g/mol. The summed E-state index contributed by atoms with van der Waals surface area (Å²) in [6.07, 6.45) is -2.54. The topological polar surface area (TPSA) is 104 Å². The van der Waals surface area contributed by atoms with Crippen molar-refractivity contribution < 1.29 is 39.3 Å². The molecule has 140 valence electrons. The van der Waals surface area contributed by atoms with Gasteiger partial charge < -0.3 is 29.2 Å². The van der Waals surface area contributed by atoms with Crippen molar-refractivity contribution >= 4 is 55.7 Å². The summed E-state index contributed by atoms with van der Waals surface area (Å²) in [6.45, 7) is 3.95. The molecular weight excluding hydrogens is 478 g/mol. The second-order valence-electron chi connectivity index (χ2n) is 4.64. The van der Waals surface area contributed by atoms with Crippen molar-refractivity contribution in [2.24, 2.45) is 0 Å². The zero-order valence-corrected chi connectivity index (χ0v) is 20.8. The predicted molar refractivity (Wildman–Crippen MR) is 106 cm³/mol. The molecule has 0 aliphatic carbocycles. The van der Waals surface area contributed by atoms with Crippen LogP contribution in [0.15, 0.2) is 58.3 Å². The van der Waals surface area contributed by atoms with Gasteiger partial charge in [0, 0.05) is 31.8 Å². The number of rotatable bonds is 6. The summed E-state index contributed by atoms with van der Waals surface area (Å²) < 4.78 is 4.21. The van der Waals surface area contributed by atoms with Crippen LogP contribution >= 0.6 is 43.5 Å². The Morgan fingerprint density at radius 1 is 0.741 bits per heavy atom. The van der Waals surface area contributed by atoms with Gasteiger partial charge in [0.15, 0.2) is 0 Å². The van der Waals surface area contributed by atoms with Crippen molar-refractivity contribution in [1.82, 2.24) is 9.44 Å². The minimum Gasteiger partial charge on any atom is -0.529 e. The molecule has 0 aliphatic heterocycles. The van der Waals surface area contributed by atoms with Gasteiger partial charge in [0.2, 0.25) is 0 Å². The first-order valence-electron chi connectivity index (χ1n) is 7.12. The molecule has 11 heteroatoms. The Morgan fingerprint density at radius 2 is 1.07 bits per heavy atom. The van der Waals surface area contributed by atoms with Crippen molar-refractivity contribution in [3.63, 3.8) is 0 Å². The van der Waals surface area contributed by atoms with E-state index >= 15 is 0 Å². The second-order valence-corrected chi connectivity index (χ2v) is 8.60. The van der Waals surface area contributed by atoms with Gasteiger partial charge in [0.05, 0.1) is 0 Å². The summed E-state index contributed by atoms with van der Waals surface area (Å²) in [4.78, 5) is 22.1. The average Bonchev–Trinajstić information content (AvgIpc) is 2.58. The maximum absolute atomic E-state index is 10.0. The van der Waals surface area contributed by atoms with Crippen LogP contribution in [0.3, 0.4) is 0 Å². The molecular formula is C16H16N2O4S4Zn. The fraction of sp³-hybridized carbons (Fsp3) is 0.125. The molecule has 2 aromatic carbocycles. The first kappa shape index (κ1) is 26.0. The Morgan fingerprint density at radius 3 is 1.37 bits per heavy atom. The van der Waals surface area contributed by atoms with Crippen molar-refractivity contribution in [3.8, 4) is 0 Å². The van der Waals surface area contributed by atoms with Crippen LogP contribution in [0.4, 0.5) is 9.59 Å². The van der Waals surface area contributed by atoms with Crippen LogP contribution in [0.1, 0.15) is 11.1 Å². The standard InChI is InChI=1S/2C8H9NO2S2.Zn/c2*1-6-4-2-3-5-7(6)12-13-9-8(10)11;/h2*2-5,9H,1H3,(H,10,11);/q;;+2/p-2. The van der Waals surface area contributed by atoms with Crippen LogP contribution in [0, 0.1) is 13.8 Å². The second kappa shape index (κ2) is 15.0. The molecule has 0 radical (unpaired) electrons. The number of carbonyl (C=O) groups is 2. The van der Waals surface area contributed by atoms with Crippen molar-refractivity contribution in [2.75, 3.05) is 0 Å². The molecule has 0 saturated carbocycles. The molecule has 0 aromatic heterocycles. The van der Waals surface area contributed by atoms with Crippen LogP contribution in [-0.2, 0) is 19.5 Å². The summed E-state index contributed by atoms with van der Waals surface area (Å²) in [7, 11) is 4.79. The molecule has 0 aliphatic rings. The van der Waals surface area contributed by atoms with E-state index in [2.05, 4.69) is 9.44 Å². The Bertz CT molecular complexity index is 676. The van der Waals surface area contributed by atoms with Gasteiger partial charge in [-0.2, -0.15) is 0 Å². The number of carbonyl (C=O) groups excluding carboxylic acids is 2. The summed E-state index contributed by atoms with van der Waals surface area (Å²) in [5.74, 6) is 0. The molecule has 2 aromatic rings. The van der Waals surface area contributed by atoms with Gasteiger partial charge in [-0.3, -0.25) is 0 Å². The van der Waals surface area contributed by atoms with Crippen molar-refractivity contribution in [2.45, 2.75) is 23.6 Å². The van der Waals surface area contributed by atoms with Crippen LogP contribution in [0.5, 0.6) is 0 Å². The fourth-order valence-corrected chi connectivity index (χ4v) is 4.88. The molecule has 2 amide bonds. The number of nitrogens with one attached hydrogen (secondary N) is 2. The minimum atomic E-state index is -1.27. The van der Waals surface area contributed by atoms with Crippen LogP contribution in [-0.4, -0.2) is 12.2 Å². The van der Waals surface area contributed by atoms with Gasteiger partial charge in [-0.1, -0.05) is 36.4 Å². The average molecular weight is 494 g/mol. The normalized spacial score (nSPS) is 9.26. The van der Waals surface area contributed by atoms with Gasteiger partial charge in [-0.05, 0) is 58.7 Å². The zero-order chi connectivity index (χ0) is 19.4. The van der Waals surface area contributed by atoms with Crippen LogP contribution in [0.2, 0.25) is 0 Å². The molecule has 2 N–H and O–H groups in total. The molecule has 27 heavy (non-hydrogen) atoms. The van der Waals surface area contributed by atoms with Crippen molar-refractivity contribution in [1.29, 1.82) is 0 Å². The third kappa shape index (κ3) is 12.1. The quantitative estimate of drug-likeness (QED) is 0.359. The largest absolute Gasteiger partial charge is 2.00 e. The zero-order valence-electron chi connectivity index (χ0n) is 14.6. The number of carboxylic acid groups (broad SMARTS) is 2. The first-order valence-corrected chi connectivity index (χ1v) is 11.4. The molecule has 0 bridgehead atoms. The van der Waals surface area contributed by atoms with Gasteiger partial charge in [-0.25, -0.2) is 0 Å². The van der Waals surface area contributed by atoms with Gasteiger partial charge in [0.1, 0.15) is 12.2 Å². The molecule has 0 saturated heterocycles. The number of benzene rings is 2. The molecule has 0 heterocycles.